The van der Waals surface area contributed by atoms with Crippen molar-refractivity contribution in [2.45, 2.75) is 38.8 Å². The van der Waals surface area contributed by atoms with Gasteiger partial charge < -0.3 is 15.0 Å². The summed E-state index contributed by atoms with van der Waals surface area (Å²) in [7, 11) is -3.70. The van der Waals surface area contributed by atoms with E-state index in [0.29, 0.717) is 16.5 Å². The number of aromatic nitrogens is 1. The van der Waals surface area contributed by atoms with Crippen LogP contribution in [0.25, 0.3) is 10.9 Å². The molecule has 0 saturated heterocycles. The Kier molecular flexibility index (Phi) is 6.39. The van der Waals surface area contributed by atoms with Gasteiger partial charge in [-0.2, -0.15) is 8.42 Å². The molecule has 0 aliphatic carbocycles. The Morgan fingerprint density at radius 1 is 1.37 bits per heavy atom. The van der Waals surface area contributed by atoms with E-state index in [1.54, 1.807) is 27.0 Å². The zero-order valence-electron chi connectivity index (χ0n) is 15.4. The van der Waals surface area contributed by atoms with Gasteiger partial charge in [0.15, 0.2) is 0 Å². The number of benzene rings is 1. The summed E-state index contributed by atoms with van der Waals surface area (Å²) in [6.45, 7) is 4.84. The lowest BCUT2D eigenvalue weighted by Crippen LogP contribution is -2.43. The van der Waals surface area contributed by atoms with Gasteiger partial charge in [-0.1, -0.05) is 11.6 Å². The largest absolute Gasteiger partial charge is 0.444 e. The molecular weight excluding hydrogens is 399 g/mol. The monoisotopic (exact) mass is 420 g/mol. The van der Waals surface area contributed by atoms with E-state index in [2.05, 4.69) is 10.3 Å². The number of hydrogen-bond acceptors (Lipinski definition) is 5. The number of carbonyl (C=O) groups is 1. The molecule has 2 aromatic rings. The van der Waals surface area contributed by atoms with E-state index in [4.69, 9.17) is 20.5 Å². The van der Waals surface area contributed by atoms with Crippen LogP contribution >= 0.6 is 11.6 Å². The Labute approximate surface area is 162 Å². The molecular formula is C17H22ClFN2O5S. The highest BCUT2D eigenvalue weighted by molar-refractivity contribution is 7.85. The molecule has 1 aromatic heterocycles. The average molecular weight is 421 g/mol. The summed E-state index contributed by atoms with van der Waals surface area (Å²) in [6, 6.07) is 2.03. The lowest BCUT2D eigenvalue weighted by atomic mass is 10.1. The second kappa shape index (κ2) is 8.04. The van der Waals surface area contributed by atoms with Gasteiger partial charge in [-0.3, -0.25) is 4.18 Å². The van der Waals surface area contributed by atoms with Gasteiger partial charge in [0.1, 0.15) is 11.4 Å². The fourth-order valence-electron chi connectivity index (χ4n) is 2.44. The molecule has 0 radical (unpaired) electrons. The summed E-state index contributed by atoms with van der Waals surface area (Å²) in [5.74, 6) is -0.575. The number of rotatable bonds is 6. The Bertz CT molecular complexity index is 937. The molecule has 1 amide bonds. The standard InChI is InChI=1S/C17H22ClFN2O5S/c1-17(2,3)26-16(22)21-11(9-25-27(4,23)24)5-10-8-20-15-7-13(18)14(19)6-12(10)15/h6-8,11,20H,5,9H2,1-4H3,(H,21,22). The van der Waals surface area contributed by atoms with Gasteiger partial charge >= 0.3 is 6.09 Å². The second-order valence-corrected chi connectivity index (χ2v) is 9.21. The summed E-state index contributed by atoms with van der Waals surface area (Å²) in [4.78, 5) is 15.0. The van der Waals surface area contributed by atoms with Crippen molar-refractivity contribution in [2.75, 3.05) is 12.9 Å². The van der Waals surface area contributed by atoms with Gasteiger partial charge in [-0.05, 0) is 44.9 Å². The van der Waals surface area contributed by atoms with E-state index in [1.165, 1.54) is 12.1 Å². The van der Waals surface area contributed by atoms with Crippen LogP contribution in [0.15, 0.2) is 18.3 Å². The number of aromatic amines is 1. The van der Waals surface area contributed by atoms with Crippen LogP contribution < -0.4 is 5.32 Å². The summed E-state index contributed by atoms with van der Waals surface area (Å²) in [5.41, 5.74) is 0.572. The van der Waals surface area contributed by atoms with Crippen molar-refractivity contribution in [1.82, 2.24) is 10.3 Å². The van der Waals surface area contributed by atoms with Crippen LogP contribution in [-0.2, 0) is 25.5 Å². The SMILES string of the molecule is CC(C)(C)OC(=O)NC(COS(C)(=O)=O)Cc1c[nH]c2cc(Cl)c(F)cc12. The average Bonchev–Trinajstić information content (AvgIpc) is 2.85. The van der Waals surface area contributed by atoms with Crippen molar-refractivity contribution < 1.29 is 26.5 Å². The van der Waals surface area contributed by atoms with Crippen molar-refractivity contribution in [3.8, 4) is 0 Å². The minimum absolute atomic E-state index is 0.0141. The minimum Gasteiger partial charge on any atom is -0.444 e. The molecule has 27 heavy (non-hydrogen) atoms. The molecule has 2 N–H and O–H groups in total. The predicted octanol–water partition coefficient (Wildman–Crippen LogP) is 3.37. The second-order valence-electron chi connectivity index (χ2n) is 7.16. The first-order valence-electron chi connectivity index (χ1n) is 8.13. The highest BCUT2D eigenvalue weighted by Gasteiger charge is 2.22. The number of alkyl carbamates (subject to hydrolysis) is 1. The van der Waals surface area contributed by atoms with Gasteiger partial charge in [-0.15, -0.1) is 0 Å². The third kappa shape index (κ3) is 6.67. The third-order valence-electron chi connectivity index (χ3n) is 3.48. The highest BCUT2D eigenvalue weighted by atomic mass is 35.5. The Hall–Kier alpha value is -1.84. The number of ether oxygens (including phenoxy) is 1. The molecule has 0 spiro atoms. The van der Waals surface area contributed by atoms with Crippen molar-refractivity contribution >= 4 is 38.7 Å². The van der Waals surface area contributed by atoms with Crippen molar-refractivity contribution in [1.29, 1.82) is 0 Å². The van der Waals surface area contributed by atoms with Crippen LogP contribution in [0.4, 0.5) is 9.18 Å². The molecule has 2 rings (SSSR count). The van der Waals surface area contributed by atoms with Crippen molar-refractivity contribution in [2.24, 2.45) is 0 Å². The maximum absolute atomic E-state index is 13.8. The molecule has 1 heterocycles. The van der Waals surface area contributed by atoms with Crippen LogP contribution in [0, 0.1) is 5.82 Å². The maximum atomic E-state index is 13.8. The van der Waals surface area contributed by atoms with Crippen LogP contribution in [0.1, 0.15) is 26.3 Å². The van der Waals surface area contributed by atoms with Crippen LogP contribution in [-0.4, -0.2) is 44.0 Å². The zero-order valence-corrected chi connectivity index (χ0v) is 17.0. The smallest absolute Gasteiger partial charge is 0.407 e. The molecule has 150 valence electrons. The van der Waals surface area contributed by atoms with Gasteiger partial charge in [0.25, 0.3) is 10.1 Å². The van der Waals surface area contributed by atoms with E-state index < -0.39 is 33.7 Å². The third-order valence-corrected chi connectivity index (χ3v) is 4.33. The first-order chi connectivity index (χ1) is 12.3. The quantitative estimate of drug-likeness (QED) is 0.698. The van der Waals surface area contributed by atoms with Crippen LogP contribution in [0.3, 0.4) is 0 Å². The Morgan fingerprint density at radius 3 is 2.63 bits per heavy atom. The predicted molar refractivity (Wildman–Crippen MR) is 101 cm³/mol. The normalized spacial score (nSPS) is 13.6. The topological polar surface area (TPSA) is 97.5 Å². The summed E-state index contributed by atoms with van der Waals surface area (Å²) in [6.07, 6.45) is 2.04. The number of halogens is 2. The molecule has 1 aromatic carbocycles. The first-order valence-corrected chi connectivity index (χ1v) is 10.3. The summed E-state index contributed by atoms with van der Waals surface area (Å²) in [5, 5.41) is 3.15. The highest BCUT2D eigenvalue weighted by Crippen LogP contribution is 2.26. The number of nitrogens with one attached hydrogen (secondary N) is 2. The number of H-pyrrole nitrogens is 1. The van der Waals surface area contributed by atoms with Crippen molar-refractivity contribution in [3.63, 3.8) is 0 Å². The van der Waals surface area contributed by atoms with E-state index >= 15 is 0 Å². The number of fused-ring (bicyclic) bond motifs is 1. The molecule has 0 fully saturated rings. The number of carbonyl (C=O) groups excluding carboxylic acids is 1. The fraction of sp³-hybridized carbons (Fsp3) is 0.471. The molecule has 0 aliphatic rings. The lowest BCUT2D eigenvalue weighted by molar-refractivity contribution is 0.0488. The summed E-state index contributed by atoms with van der Waals surface area (Å²) >= 11 is 5.78. The molecule has 1 atom stereocenters. The number of hydrogen-bond donors (Lipinski definition) is 2. The number of amides is 1. The minimum atomic E-state index is -3.70. The molecule has 0 aliphatic heterocycles. The Balaban J connectivity index is 2.22. The van der Waals surface area contributed by atoms with Crippen LogP contribution in [0.2, 0.25) is 5.02 Å². The molecule has 0 saturated carbocycles. The molecule has 7 nitrogen and oxygen atoms in total. The van der Waals surface area contributed by atoms with Crippen molar-refractivity contribution in [3.05, 3.63) is 34.7 Å². The molecule has 10 heteroatoms. The molecule has 0 bridgehead atoms. The van der Waals surface area contributed by atoms with E-state index in [-0.39, 0.29) is 18.1 Å². The van der Waals surface area contributed by atoms with E-state index in [9.17, 15) is 17.6 Å². The van der Waals surface area contributed by atoms with E-state index in [1.807, 2.05) is 0 Å². The first kappa shape index (κ1) is 21.5. The Morgan fingerprint density at radius 2 is 2.04 bits per heavy atom. The van der Waals surface area contributed by atoms with Crippen LogP contribution in [0.5, 0.6) is 0 Å². The molecule has 1 unspecified atom stereocenters. The van der Waals surface area contributed by atoms with Gasteiger partial charge in [-0.25, -0.2) is 9.18 Å². The summed E-state index contributed by atoms with van der Waals surface area (Å²) < 4.78 is 46.4. The van der Waals surface area contributed by atoms with E-state index in [0.717, 1.165) is 6.26 Å². The lowest BCUT2D eigenvalue weighted by Gasteiger charge is -2.23. The van der Waals surface area contributed by atoms with Gasteiger partial charge in [0.2, 0.25) is 0 Å². The fourth-order valence-corrected chi connectivity index (χ4v) is 3.02. The zero-order chi connectivity index (χ0) is 20.4. The maximum Gasteiger partial charge on any atom is 0.407 e. The van der Waals surface area contributed by atoms with Gasteiger partial charge in [0, 0.05) is 17.1 Å². The van der Waals surface area contributed by atoms with Gasteiger partial charge in [0.05, 0.1) is 23.9 Å².